The zero-order valence-electron chi connectivity index (χ0n) is 17.0. The highest BCUT2D eigenvalue weighted by atomic mass is 32.2. The Balaban J connectivity index is 1.63. The first-order valence-electron chi connectivity index (χ1n) is 9.76. The van der Waals surface area contributed by atoms with Gasteiger partial charge >= 0.3 is 5.97 Å². The second-order valence-electron chi connectivity index (χ2n) is 6.89. The van der Waals surface area contributed by atoms with Gasteiger partial charge in [0.25, 0.3) is 0 Å². The number of thioether (sulfide) groups is 1. The lowest BCUT2D eigenvalue weighted by atomic mass is 10.1. The first kappa shape index (κ1) is 21.9. The fourth-order valence-electron chi connectivity index (χ4n) is 3.07. The molecule has 1 aliphatic rings. The van der Waals surface area contributed by atoms with E-state index in [2.05, 4.69) is 0 Å². The summed E-state index contributed by atoms with van der Waals surface area (Å²) in [5, 5.41) is -0.356. The molecule has 7 heteroatoms. The molecule has 1 fully saturated rings. The zero-order valence-corrected chi connectivity index (χ0v) is 17.8. The molecule has 0 radical (unpaired) electrons. The summed E-state index contributed by atoms with van der Waals surface area (Å²) in [5.41, 5.74) is 1.75. The van der Waals surface area contributed by atoms with Crippen LogP contribution in [-0.4, -0.2) is 35.8 Å². The number of methoxy groups -OCH3 is 1. The largest absolute Gasteiger partial charge is 0.497 e. The lowest BCUT2D eigenvalue weighted by Gasteiger charge is -2.19. The number of hydrogen-bond donors (Lipinski definition) is 0. The van der Waals surface area contributed by atoms with Gasteiger partial charge in [0, 0.05) is 6.42 Å². The Labute approximate surface area is 179 Å². The van der Waals surface area contributed by atoms with E-state index < -0.39 is 6.10 Å². The summed E-state index contributed by atoms with van der Waals surface area (Å²) < 4.78 is 16.7. The minimum absolute atomic E-state index is 0.0100. The van der Waals surface area contributed by atoms with Crippen LogP contribution in [0.2, 0.25) is 0 Å². The molecule has 0 bridgehead atoms. The lowest BCUT2D eigenvalue weighted by molar-refractivity contribution is -0.150. The maximum Gasteiger partial charge on any atom is 0.306 e. The highest BCUT2D eigenvalue weighted by Gasteiger charge is 2.31. The first-order chi connectivity index (χ1) is 14.5. The smallest absolute Gasteiger partial charge is 0.306 e. The van der Waals surface area contributed by atoms with Crippen molar-refractivity contribution in [2.75, 3.05) is 13.7 Å². The molecule has 0 amide bonds. The Morgan fingerprint density at radius 3 is 2.53 bits per heavy atom. The third-order valence-electron chi connectivity index (χ3n) is 4.73. The summed E-state index contributed by atoms with van der Waals surface area (Å²) in [5.74, 6) is 0.979. The van der Waals surface area contributed by atoms with Crippen molar-refractivity contribution in [3.63, 3.8) is 0 Å². The van der Waals surface area contributed by atoms with Crippen molar-refractivity contribution in [1.82, 2.24) is 0 Å². The van der Waals surface area contributed by atoms with Crippen LogP contribution in [0.4, 0.5) is 0 Å². The van der Waals surface area contributed by atoms with Gasteiger partial charge in [0.05, 0.1) is 18.8 Å². The van der Waals surface area contributed by atoms with Crippen molar-refractivity contribution in [3.8, 4) is 11.5 Å². The van der Waals surface area contributed by atoms with Crippen molar-refractivity contribution in [2.45, 2.75) is 37.5 Å². The molecule has 1 saturated heterocycles. The van der Waals surface area contributed by atoms with Gasteiger partial charge in [-0.15, -0.1) is 0 Å². The van der Waals surface area contributed by atoms with Crippen LogP contribution in [0.15, 0.2) is 48.5 Å². The van der Waals surface area contributed by atoms with Gasteiger partial charge in [-0.05, 0) is 41.8 Å². The Bertz CT molecular complexity index is 908. The van der Waals surface area contributed by atoms with Gasteiger partial charge in [0.2, 0.25) is 0 Å². The molecule has 6 nitrogen and oxygen atoms in total. The van der Waals surface area contributed by atoms with Gasteiger partial charge < -0.3 is 14.2 Å². The lowest BCUT2D eigenvalue weighted by Crippen LogP contribution is -2.18. The Kier molecular flexibility index (Phi) is 7.52. The number of carbonyl (C=O) groups is 3. The molecule has 0 N–H and O–H groups in total. The molecular formula is C23H24O6S. The van der Waals surface area contributed by atoms with E-state index >= 15 is 0 Å². The van der Waals surface area contributed by atoms with Crippen LogP contribution in [-0.2, 0) is 25.5 Å². The zero-order chi connectivity index (χ0) is 21.5. The van der Waals surface area contributed by atoms with Crippen molar-refractivity contribution in [2.24, 2.45) is 0 Å². The third-order valence-corrected chi connectivity index (χ3v) is 5.85. The number of benzene rings is 2. The molecule has 1 aliphatic heterocycles. The third kappa shape index (κ3) is 5.86. The molecule has 3 rings (SSSR count). The molecule has 158 valence electrons. The van der Waals surface area contributed by atoms with Gasteiger partial charge in [0.1, 0.15) is 18.1 Å². The fraction of sp³-hybridized carbons (Fsp3) is 0.348. The second kappa shape index (κ2) is 10.3. The number of carbonyl (C=O) groups excluding carboxylic acids is 3. The highest BCUT2D eigenvalue weighted by Crippen LogP contribution is 2.29. The van der Waals surface area contributed by atoms with Gasteiger partial charge in [-0.25, -0.2) is 0 Å². The summed E-state index contributed by atoms with van der Waals surface area (Å²) in [7, 11) is 1.58. The summed E-state index contributed by atoms with van der Waals surface area (Å²) in [6.07, 6.45) is 0.260. The van der Waals surface area contributed by atoms with E-state index in [1.165, 1.54) is 0 Å². The minimum Gasteiger partial charge on any atom is -0.497 e. The topological polar surface area (TPSA) is 78.9 Å². The van der Waals surface area contributed by atoms with E-state index in [0.717, 1.165) is 22.9 Å². The Morgan fingerprint density at radius 2 is 1.90 bits per heavy atom. The van der Waals surface area contributed by atoms with E-state index in [4.69, 9.17) is 14.2 Å². The monoisotopic (exact) mass is 428 g/mol. The van der Waals surface area contributed by atoms with Crippen LogP contribution >= 0.6 is 11.8 Å². The molecule has 0 spiro atoms. The molecule has 1 unspecified atom stereocenters. The van der Waals surface area contributed by atoms with E-state index in [-0.39, 0.29) is 41.6 Å². The predicted octanol–water partition coefficient (Wildman–Crippen LogP) is 3.91. The second-order valence-corrected chi connectivity index (χ2v) is 8.15. The molecule has 2 atom stereocenters. The van der Waals surface area contributed by atoms with Crippen molar-refractivity contribution in [1.29, 1.82) is 0 Å². The number of esters is 1. The van der Waals surface area contributed by atoms with E-state index in [1.54, 1.807) is 14.0 Å². The number of Topliss-reactive ketones (excluding diaryl/α,β-unsaturated/α-hetero) is 1. The van der Waals surface area contributed by atoms with Gasteiger partial charge in [-0.2, -0.15) is 0 Å². The summed E-state index contributed by atoms with van der Waals surface area (Å²) in [4.78, 5) is 35.1. The number of ketones is 1. The van der Waals surface area contributed by atoms with Crippen LogP contribution in [0.25, 0.3) is 0 Å². The summed E-state index contributed by atoms with van der Waals surface area (Å²) in [6.45, 7) is 1.90. The van der Waals surface area contributed by atoms with Crippen LogP contribution < -0.4 is 9.47 Å². The fourth-order valence-corrected chi connectivity index (χ4v) is 4.10. The molecule has 0 saturated carbocycles. The normalized spacial score (nSPS) is 16.9. The molecular weight excluding hydrogens is 404 g/mol. The molecule has 1 heterocycles. The van der Waals surface area contributed by atoms with Gasteiger partial charge in [-0.3, -0.25) is 14.4 Å². The van der Waals surface area contributed by atoms with Crippen LogP contribution in [0.5, 0.6) is 11.5 Å². The number of rotatable bonds is 9. The Hall–Kier alpha value is -2.80. The number of hydrogen-bond acceptors (Lipinski definition) is 7. The van der Waals surface area contributed by atoms with Crippen LogP contribution in [0, 0.1) is 0 Å². The predicted molar refractivity (Wildman–Crippen MR) is 114 cm³/mol. The first-order valence-corrected chi connectivity index (χ1v) is 10.6. The molecule has 30 heavy (non-hydrogen) atoms. The minimum atomic E-state index is -0.564. The molecule has 2 aromatic carbocycles. The van der Waals surface area contributed by atoms with E-state index in [1.807, 2.05) is 48.5 Å². The SMILES string of the molecule is CCC(=O)O[C@@H](COc1ccc(CC2SC(=O)CC2=O)cc1)c1cccc(OC)c1. The molecule has 0 aromatic heterocycles. The van der Waals surface area contributed by atoms with Crippen molar-refractivity contribution < 1.29 is 28.6 Å². The molecule has 0 aliphatic carbocycles. The van der Waals surface area contributed by atoms with Crippen molar-refractivity contribution in [3.05, 3.63) is 59.7 Å². The van der Waals surface area contributed by atoms with E-state index in [0.29, 0.717) is 17.9 Å². The van der Waals surface area contributed by atoms with Crippen LogP contribution in [0.3, 0.4) is 0 Å². The Morgan fingerprint density at radius 1 is 1.13 bits per heavy atom. The number of ether oxygens (including phenoxy) is 3. The van der Waals surface area contributed by atoms with Crippen molar-refractivity contribution >= 4 is 28.6 Å². The highest BCUT2D eigenvalue weighted by molar-refractivity contribution is 8.15. The summed E-state index contributed by atoms with van der Waals surface area (Å²) >= 11 is 1.12. The molecule has 2 aromatic rings. The van der Waals surface area contributed by atoms with Crippen LogP contribution in [0.1, 0.15) is 37.0 Å². The maximum atomic E-state index is 11.9. The quantitative estimate of drug-likeness (QED) is 0.442. The maximum absolute atomic E-state index is 11.9. The average Bonchev–Trinajstić information content (AvgIpc) is 3.08. The standard InChI is InChI=1S/C23H24O6S/c1-3-22(25)29-20(16-5-4-6-18(12-16)27-2)14-28-17-9-7-15(8-10-17)11-21-19(24)13-23(26)30-21/h4-10,12,20-21H,3,11,13-14H2,1-2H3/t20-,21?/m0/s1. The average molecular weight is 429 g/mol. The van der Waals surface area contributed by atoms with Gasteiger partial charge in [0.15, 0.2) is 17.0 Å². The van der Waals surface area contributed by atoms with Gasteiger partial charge in [-0.1, -0.05) is 43.0 Å². The van der Waals surface area contributed by atoms with E-state index in [9.17, 15) is 14.4 Å². The summed E-state index contributed by atoms with van der Waals surface area (Å²) in [6, 6.07) is 14.7.